The monoisotopic (exact) mass is 315 g/mol. The Balaban J connectivity index is 2.22. The molecule has 0 atom stereocenters. The molecular weight excluding hydrogens is 294 g/mol. The summed E-state index contributed by atoms with van der Waals surface area (Å²) < 4.78 is 10.4. The van der Waals surface area contributed by atoms with E-state index < -0.39 is 0 Å². The van der Waals surface area contributed by atoms with Gasteiger partial charge in [-0.05, 0) is 19.1 Å². The van der Waals surface area contributed by atoms with E-state index in [1.54, 1.807) is 45.5 Å². The van der Waals surface area contributed by atoms with Gasteiger partial charge in [0.2, 0.25) is 0 Å². The lowest BCUT2D eigenvalue weighted by molar-refractivity contribution is 0.102. The third kappa shape index (κ3) is 3.77. The van der Waals surface area contributed by atoms with E-state index >= 15 is 0 Å². The molecule has 1 aromatic carbocycles. The number of aryl methyl sites for hydroxylation is 1. The van der Waals surface area contributed by atoms with Crippen LogP contribution in [0.5, 0.6) is 11.5 Å². The van der Waals surface area contributed by atoms with Gasteiger partial charge < -0.3 is 14.8 Å². The van der Waals surface area contributed by atoms with Crippen molar-refractivity contribution in [3.63, 3.8) is 0 Å². The largest absolute Gasteiger partial charge is 0.493 e. The number of nitrogens with zero attached hydrogens (tertiary/aromatic N) is 2. The number of aromatic nitrogens is 2. The Labute approximate surface area is 135 Å². The number of nitrogens with one attached hydrogen (secondary N) is 1. The van der Waals surface area contributed by atoms with Crippen molar-refractivity contribution in [1.29, 1.82) is 0 Å². The van der Waals surface area contributed by atoms with Gasteiger partial charge in [-0.25, -0.2) is 9.97 Å². The summed E-state index contributed by atoms with van der Waals surface area (Å²) in [6.45, 7) is 5.83. The summed E-state index contributed by atoms with van der Waals surface area (Å²) in [5, 5.41) is 2.82. The minimum atomic E-state index is -0.259. The number of carbonyl (C=O) groups is 1. The molecule has 6 nitrogen and oxygen atoms in total. The second-order valence-corrected chi connectivity index (χ2v) is 5.41. The zero-order chi connectivity index (χ0) is 17.0. The summed E-state index contributed by atoms with van der Waals surface area (Å²) in [5.74, 6) is 1.84. The standard InChI is InChI=1S/C17H21N3O3/c1-10(2)16-18-9-13(11(3)19-16)17(21)20-12-6-7-14(22-4)15(8-12)23-5/h6-10H,1-5H3,(H,20,21). The van der Waals surface area contributed by atoms with Gasteiger partial charge in [0, 0.05) is 23.9 Å². The van der Waals surface area contributed by atoms with E-state index in [1.807, 2.05) is 13.8 Å². The molecule has 0 aliphatic heterocycles. The Morgan fingerprint density at radius 1 is 1.17 bits per heavy atom. The Morgan fingerprint density at radius 2 is 1.87 bits per heavy atom. The zero-order valence-corrected chi connectivity index (χ0v) is 14.0. The normalized spacial score (nSPS) is 10.5. The van der Waals surface area contributed by atoms with E-state index in [0.29, 0.717) is 28.4 Å². The van der Waals surface area contributed by atoms with Crippen molar-refractivity contribution in [2.75, 3.05) is 19.5 Å². The first kappa shape index (κ1) is 16.7. The maximum Gasteiger partial charge on any atom is 0.259 e. The zero-order valence-electron chi connectivity index (χ0n) is 14.0. The van der Waals surface area contributed by atoms with Crippen LogP contribution in [0.4, 0.5) is 5.69 Å². The fourth-order valence-corrected chi connectivity index (χ4v) is 2.10. The van der Waals surface area contributed by atoms with Crippen LogP contribution in [0.2, 0.25) is 0 Å². The first-order chi connectivity index (χ1) is 11.0. The van der Waals surface area contributed by atoms with Crippen LogP contribution in [-0.4, -0.2) is 30.1 Å². The predicted octanol–water partition coefficient (Wildman–Crippen LogP) is 3.18. The van der Waals surface area contributed by atoms with Crippen molar-refractivity contribution in [2.45, 2.75) is 26.7 Å². The molecule has 2 aromatic rings. The molecule has 1 aromatic heterocycles. The van der Waals surface area contributed by atoms with E-state index in [4.69, 9.17) is 9.47 Å². The molecule has 23 heavy (non-hydrogen) atoms. The first-order valence-electron chi connectivity index (χ1n) is 7.33. The Morgan fingerprint density at radius 3 is 2.43 bits per heavy atom. The van der Waals surface area contributed by atoms with Crippen molar-refractivity contribution in [2.24, 2.45) is 0 Å². The molecule has 1 heterocycles. The molecule has 0 radical (unpaired) electrons. The van der Waals surface area contributed by atoms with Crippen molar-refractivity contribution in [3.8, 4) is 11.5 Å². The number of amides is 1. The topological polar surface area (TPSA) is 73.3 Å². The lowest BCUT2D eigenvalue weighted by Gasteiger charge is -2.12. The van der Waals surface area contributed by atoms with Gasteiger partial charge in [-0.1, -0.05) is 13.8 Å². The van der Waals surface area contributed by atoms with Gasteiger partial charge in [0.25, 0.3) is 5.91 Å². The summed E-state index contributed by atoms with van der Waals surface area (Å²) in [5.41, 5.74) is 1.71. The van der Waals surface area contributed by atoms with Crippen LogP contribution in [0.15, 0.2) is 24.4 Å². The summed E-state index contributed by atoms with van der Waals surface area (Å²) in [6.07, 6.45) is 1.56. The second kappa shape index (κ2) is 7.09. The number of ether oxygens (including phenoxy) is 2. The second-order valence-electron chi connectivity index (χ2n) is 5.41. The molecule has 0 aliphatic rings. The number of carbonyl (C=O) groups excluding carboxylic acids is 1. The highest BCUT2D eigenvalue weighted by atomic mass is 16.5. The summed E-state index contributed by atoms with van der Waals surface area (Å²) in [4.78, 5) is 21.0. The molecule has 1 amide bonds. The van der Waals surface area contributed by atoms with Crippen molar-refractivity contribution in [1.82, 2.24) is 9.97 Å². The van der Waals surface area contributed by atoms with E-state index in [0.717, 1.165) is 5.82 Å². The lowest BCUT2D eigenvalue weighted by Crippen LogP contribution is -2.16. The highest BCUT2D eigenvalue weighted by molar-refractivity contribution is 6.04. The molecule has 6 heteroatoms. The molecule has 0 bridgehead atoms. The van der Waals surface area contributed by atoms with Crippen LogP contribution >= 0.6 is 0 Å². The number of hydrogen-bond acceptors (Lipinski definition) is 5. The predicted molar refractivity (Wildman–Crippen MR) is 88.4 cm³/mol. The average molecular weight is 315 g/mol. The Kier molecular flexibility index (Phi) is 5.16. The van der Waals surface area contributed by atoms with Gasteiger partial charge in [0.15, 0.2) is 11.5 Å². The van der Waals surface area contributed by atoms with Crippen molar-refractivity contribution in [3.05, 3.63) is 41.5 Å². The Bertz CT molecular complexity index is 714. The smallest absolute Gasteiger partial charge is 0.259 e. The van der Waals surface area contributed by atoms with Gasteiger partial charge in [-0.15, -0.1) is 0 Å². The molecular formula is C17H21N3O3. The van der Waals surface area contributed by atoms with Gasteiger partial charge in [0.1, 0.15) is 5.82 Å². The summed E-state index contributed by atoms with van der Waals surface area (Å²) in [6, 6.07) is 5.19. The van der Waals surface area contributed by atoms with Crippen LogP contribution in [0, 0.1) is 6.92 Å². The third-order valence-electron chi connectivity index (χ3n) is 3.40. The molecule has 1 N–H and O–H groups in total. The van der Waals surface area contributed by atoms with Gasteiger partial charge in [-0.2, -0.15) is 0 Å². The number of hydrogen-bond donors (Lipinski definition) is 1. The lowest BCUT2D eigenvalue weighted by atomic mass is 10.1. The molecule has 0 spiro atoms. The summed E-state index contributed by atoms with van der Waals surface area (Å²) >= 11 is 0. The maximum atomic E-state index is 12.4. The molecule has 2 rings (SSSR count). The molecule has 0 saturated heterocycles. The van der Waals surface area contributed by atoms with Crippen LogP contribution in [0.3, 0.4) is 0 Å². The van der Waals surface area contributed by atoms with E-state index in [1.165, 1.54) is 0 Å². The molecule has 122 valence electrons. The van der Waals surface area contributed by atoms with E-state index in [-0.39, 0.29) is 11.8 Å². The number of anilines is 1. The van der Waals surface area contributed by atoms with Crippen LogP contribution in [0.1, 0.15) is 41.6 Å². The van der Waals surface area contributed by atoms with E-state index in [2.05, 4.69) is 15.3 Å². The summed E-state index contributed by atoms with van der Waals surface area (Å²) in [7, 11) is 3.11. The quantitative estimate of drug-likeness (QED) is 0.917. The minimum Gasteiger partial charge on any atom is -0.493 e. The highest BCUT2D eigenvalue weighted by Gasteiger charge is 2.14. The minimum absolute atomic E-state index is 0.219. The molecule has 0 saturated carbocycles. The SMILES string of the molecule is COc1ccc(NC(=O)c2cnc(C(C)C)nc2C)cc1OC. The van der Waals surface area contributed by atoms with Gasteiger partial charge >= 0.3 is 0 Å². The number of methoxy groups -OCH3 is 2. The van der Waals surface area contributed by atoms with Crippen LogP contribution < -0.4 is 14.8 Å². The molecule has 0 fully saturated rings. The fraction of sp³-hybridized carbons (Fsp3) is 0.353. The average Bonchev–Trinajstić information content (AvgIpc) is 2.54. The van der Waals surface area contributed by atoms with Crippen molar-refractivity contribution < 1.29 is 14.3 Å². The first-order valence-corrected chi connectivity index (χ1v) is 7.33. The van der Waals surface area contributed by atoms with Crippen LogP contribution in [0.25, 0.3) is 0 Å². The molecule has 0 unspecified atom stereocenters. The van der Waals surface area contributed by atoms with E-state index in [9.17, 15) is 4.79 Å². The van der Waals surface area contributed by atoms with Gasteiger partial charge in [-0.3, -0.25) is 4.79 Å². The van der Waals surface area contributed by atoms with Crippen LogP contribution in [-0.2, 0) is 0 Å². The van der Waals surface area contributed by atoms with Gasteiger partial charge in [0.05, 0.1) is 25.5 Å². The number of rotatable bonds is 5. The van der Waals surface area contributed by atoms with Crippen molar-refractivity contribution >= 4 is 11.6 Å². The maximum absolute atomic E-state index is 12.4. The third-order valence-corrected chi connectivity index (χ3v) is 3.40. The fourth-order valence-electron chi connectivity index (χ4n) is 2.10. The Hall–Kier alpha value is -2.63. The number of benzene rings is 1. The highest BCUT2D eigenvalue weighted by Crippen LogP contribution is 2.30. The molecule has 0 aliphatic carbocycles.